The summed E-state index contributed by atoms with van der Waals surface area (Å²) in [5.74, 6) is -1.24. The first-order chi connectivity index (χ1) is 12.0. The van der Waals surface area contributed by atoms with Crippen LogP contribution in [-0.2, 0) is 26.5 Å². The highest BCUT2D eigenvalue weighted by molar-refractivity contribution is 9.10. The van der Waals surface area contributed by atoms with Crippen molar-refractivity contribution in [1.82, 2.24) is 0 Å². The molecule has 1 aliphatic rings. The van der Waals surface area contributed by atoms with Crippen molar-refractivity contribution in [3.63, 3.8) is 0 Å². The highest BCUT2D eigenvalue weighted by atomic mass is 79.9. The van der Waals surface area contributed by atoms with Crippen LogP contribution in [0.3, 0.4) is 0 Å². The summed E-state index contributed by atoms with van der Waals surface area (Å²) in [7, 11) is -7.94. The lowest BCUT2D eigenvalue weighted by Crippen LogP contribution is -2.29. The largest absolute Gasteiger partial charge is 0.478 e. The van der Waals surface area contributed by atoms with Gasteiger partial charge in [-0.3, -0.25) is 4.31 Å². The molecule has 0 saturated carbocycles. The third-order valence-electron chi connectivity index (χ3n) is 3.98. The van der Waals surface area contributed by atoms with E-state index in [1.807, 2.05) is 0 Å². The molecule has 0 bridgehead atoms. The molecule has 11 heteroatoms. The van der Waals surface area contributed by atoms with E-state index in [0.717, 1.165) is 10.4 Å². The summed E-state index contributed by atoms with van der Waals surface area (Å²) in [6.07, 6.45) is 0.314. The molecule has 1 aliphatic heterocycles. The van der Waals surface area contributed by atoms with Crippen LogP contribution in [0.4, 0.5) is 5.69 Å². The standard InChI is InChI=1S/C15H13BrN2O6S2/c16-12-3-1-10(15(19)20)8-14(12)26(23,24)18-6-5-9-7-11(25(17,21)22)2-4-13(9)18/h1-4,7-8H,5-6H2,(H,19,20)(H2,17,21,22). The summed E-state index contributed by atoms with van der Waals surface area (Å²) in [4.78, 5) is 10.9. The van der Waals surface area contributed by atoms with Crippen molar-refractivity contribution in [1.29, 1.82) is 0 Å². The first-order valence-electron chi connectivity index (χ1n) is 7.23. The summed E-state index contributed by atoms with van der Waals surface area (Å²) < 4.78 is 50.4. The first kappa shape index (κ1) is 18.8. The fourth-order valence-electron chi connectivity index (χ4n) is 2.73. The van der Waals surface area contributed by atoms with Crippen LogP contribution in [0.5, 0.6) is 0 Å². The van der Waals surface area contributed by atoms with E-state index in [2.05, 4.69) is 15.9 Å². The Morgan fingerprint density at radius 2 is 1.81 bits per heavy atom. The molecule has 2 aromatic carbocycles. The van der Waals surface area contributed by atoms with Crippen LogP contribution in [0.25, 0.3) is 0 Å². The lowest BCUT2D eigenvalue weighted by molar-refractivity contribution is 0.0696. The van der Waals surface area contributed by atoms with Crippen LogP contribution in [0, 0.1) is 0 Å². The zero-order valence-corrected chi connectivity index (χ0v) is 16.3. The van der Waals surface area contributed by atoms with Crippen LogP contribution >= 0.6 is 15.9 Å². The molecule has 0 aromatic heterocycles. The minimum atomic E-state index is -4.04. The predicted octanol–water partition coefficient (Wildman–Crippen LogP) is 1.55. The van der Waals surface area contributed by atoms with Gasteiger partial charge in [-0.05, 0) is 64.3 Å². The average Bonchev–Trinajstić information content (AvgIpc) is 2.97. The Hall–Kier alpha value is -1.95. The number of carbonyl (C=O) groups is 1. The summed E-state index contributed by atoms with van der Waals surface area (Å²) >= 11 is 3.15. The maximum Gasteiger partial charge on any atom is 0.335 e. The smallest absolute Gasteiger partial charge is 0.335 e. The number of aromatic carboxylic acids is 1. The van der Waals surface area contributed by atoms with Crippen LogP contribution in [0.15, 0.2) is 50.7 Å². The maximum atomic E-state index is 13.0. The van der Waals surface area contributed by atoms with Crippen LogP contribution in [0.2, 0.25) is 0 Å². The summed E-state index contributed by atoms with van der Waals surface area (Å²) in [6, 6.07) is 7.71. The molecule has 0 spiro atoms. The molecule has 3 N–H and O–H groups in total. The zero-order valence-electron chi connectivity index (χ0n) is 13.1. The molecule has 0 amide bonds. The SMILES string of the molecule is NS(=O)(=O)c1ccc2c(c1)CCN2S(=O)(=O)c1cc(C(=O)O)ccc1Br. The first-order valence-corrected chi connectivity index (χ1v) is 11.0. The van der Waals surface area contributed by atoms with Gasteiger partial charge in [0.15, 0.2) is 0 Å². The van der Waals surface area contributed by atoms with Gasteiger partial charge >= 0.3 is 5.97 Å². The molecule has 2 aromatic rings. The minimum Gasteiger partial charge on any atom is -0.478 e. The van der Waals surface area contributed by atoms with E-state index in [1.165, 1.54) is 30.3 Å². The van der Waals surface area contributed by atoms with E-state index in [-0.39, 0.29) is 26.4 Å². The number of anilines is 1. The Kier molecular flexibility index (Phi) is 4.59. The normalized spacial score (nSPS) is 14.3. The van der Waals surface area contributed by atoms with Gasteiger partial charge in [0.2, 0.25) is 10.0 Å². The number of nitrogens with two attached hydrogens (primary N) is 1. The van der Waals surface area contributed by atoms with Crippen molar-refractivity contribution < 1.29 is 26.7 Å². The molecule has 3 rings (SSSR count). The second-order valence-electron chi connectivity index (χ2n) is 5.61. The van der Waals surface area contributed by atoms with Gasteiger partial charge in [0.1, 0.15) is 4.90 Å². The quantitative estimate of drug-likeness (QED) is 0.710. The van der Waals surface area contributed by atoms with Crippen molar-refractivity contribution in [2.24, 2.45) is 5.14 Å². The molecular formula is C15H13BrN2O6S2. The Bertz CT molecular complexity index is 1130. The molecule has 0 saturated heterocycles. The van der Waals surface area contributed by atoms with E-state index in [1.54, 1.807) is 0 Å². The van der Waals surface area contributed by atoms with E-state index in [4.69, 9.17) is 10.2 Å². The monoisotopic (exact) mass is 460 g/mol. The van der Waals surface area contributed by atoms with Gasteiger partial charge in [0, 0.05) is 11.0 Å². The topological polar surface area (TPSA) is 135 Å². The fourth-order valence-corrected chi connectivity index (χ4v) is 5.75. The number of sulfonamides is 2. The highest BCUT2D eigenvalue weighted by Gasteiger charge is 2.33. The predicted molar refractivity (Wildman–Crippen MR) is 97.2 cm³/mol. The van der Waals surface area contributed by atoms with Crippen molar-refractivity contribution in [2.45, 2.75) is 16.2 Å². The minimum absolute atomic E-state index is 0.0930. The molecule has 8 nitrogen and oxygen atoms in total. The van der Waals surface area contributed by atoms with E-state index < -0.39 is 26.0 Å². The Balaban J connectivity index is 2.10. The van der Waals surface area contributed by atoms with Gasteiger partial charge in [-0.25, -0.2) is 26.8 Å². The molecule has 0 fully saturated rings. The molecule has 1 heterocycles. The van der Waals surface area contributed by atoms with Crippen LogP contribution in [0.1, 0.15) is 15.9 Å². The van der Waals surface area contributed by atoms with Crippen molar-refractivity contribution in [2.75, 3.05) is 10.8 Å². The third kappa shape index (κ3) is 3.22. The number of benzene rings is 2. The van der Waals surface area contributed by atoms with Gasteiger partial charge in [0.25, 0.3) is 10.0 Å². The number of hydrogen-bond donors (Lipinski definition) is 2. The van der Waals surface area contributed by atoms with Gasteiger partial charge in [-0.1, -0.05) is 0 Å². The third-order valence-corrected chi connectivity index (χ3v) is 7.70. The molecule has 0 radical (unpaired) electrons. The molecule has 0 unspecified atom stereocenters. The van der Waals surface area contributed by atoms with E-state index in [9.17, 15) is 21.6 Å². The van der Waals surface area contributed by atoms with Crippen molar-refractivity contribution in [3.8, 4) is 0 Å². The second kappa shape index (κ2) is 6.34. The van der Waals surface area contributed by atoms with Gasteiger partial charge in [0.05, 0.1) is 16.1 Å². The number of primary sulfonamides is 1. The molecular weight excluding hydrogens is 448 g/mol. The number of hydrogen-bond acceptors (Lipinski definition) is 5. The number of nitrogens with zero attached hydrogens (tertiary/aromatic N) is 1. The molecule has 138 valence electrons. The maximum absolute atomic E-state index is 13.0. The molecule has 26 heavy (non-hydrogen) atoms. The second-order valence-corrected chi connectivity index (χ2v) is 9.86. The van der Waals surface area contributed by atoms with E-state index >= 15 is 0 Å². The number of fused-ring (bicyclic) bond motifs is 1. The van der Waals surface area contributed by atoms with E-state index in [0.29, 0.717) is 17.7 Å². The lowest BCUT2D eigenvalue weighted by atomic mass is 10.2. The lowest BCUT2D eigenvalue weighted by Gasteiger charge is -2.20. The van der Waals surface area contributed by atoms with Crippen LogP contribution < -0.4 is 9.44 Å². The van der Waals surface area contributed by atoms with Crippen molar-refractivity contribution >= 4 is 47.6 Å². The number of rotatable bonds is 4. The molecule has 0 atom stereocenters. The number of carboxylic acids is 1. The Labute approximate surface area is 158 Å². The zero-order chi connectivity index (χ0) is 19.3. The summed E-state index contributed by atoms with van der Waals surface area (Å²) in [5, 5.41) is 14.2. The number of carboxylic acid groups (broad SMARTS) is 1. The van der Waals surface area contributed by atoms with Crippen molar-refractivity contribution in [3.05, 3.63) is 52.0 Å². The Morgan fingerprint density at radius 3 is 2.42 bits per heavy atom. The molecule has 0 aliphatic carbocycles. The van der Waals surface area contributed by atoms with Gasteiger partial charge in [-0.2, -0.15) is 0 Å². The number of halogens is 1. The average molecular weight is 461 g/mol. The van der Waals surface area contributed by atoms with Gasteiger partial charge in [-0.15, -0.1) is 0 Å². The Morgan fingerprint density at radius 1 is 1.12 bits per heavy atom. The highest BCUT2D eigenvalue weighted by Crippen LogP contribution is 2.36. The fraction of sp³-hybridized carbons (Fsp3) is 0.133. The summed E-state index contributed by atoms with van der Waals surface area (Å²) in [5.41, 5.74) is 0.714. The summed E-state index contributed by atoms with van der Waals surface area (Å²) in [6.45, 7) is 0.107. The van der Waals surface area contributed by atoms with Crippen LogP contribution in [-0.4, -0.2) is 34.5 Å². The van der Waals surface area contributed by atoms with Gasteiger partial charge < -0.3 is 5.11 Å².